The van der Waals surface area contributed by atoms with Crippen LogP contribution in [0.4, 0.5) is 11.4 Å². The highest BCUT2D eigenvalue weighted by molar-refractivity contribution is 6.33. The zero-order chi connectivity index (χ0) is 20.2. The number of hydrogen-bond acceptors (Lipinski definition) is 5. The van der Waals surface area contributed by atoms with Gasteiger partial charge in [-0.15, -0.1) is 0 Å². The first-order valence-corrected chi connectivity index (χ1v) is 10.1. The van der Waals surface area contributed by atoms with Crippen molar-refractivity contribution in [1.29, 1.82) is 0 Å². The number of aromatic nitrogens is 1. The molecule has 1 saturated carbocycles. The van der Waals surface area contributed by atoms with Crippen LogP contribution in [0.5, 0.6) is 5.88 Å². The largest absolute Gasteiger partial charge is 0.468 e. The quantitative estimate of drug-likeness (QED) is 0.786. The molecule has 0 unspecified atom stereocenters. The van der Waals surface area contributed by atoms with E-state index in [4.69, 9.17) is 16.3 Å². The third-order valence-corrected chi connectivity index (χ3v) is 5.44. The number of ether oxygens (including phenoxy) is 1. The van der Waals surface area contributed by atoms with E-state index in [-0.39, 0.29) is 24.3 Å². The van der Waals surface area contributed by atoms with Gasteiger partial charge in [0.15, 0.2) is 6.61 Å². The molecule has 1 aromatic heterocycles. The van der Waals surface area contributed by atoms with Gasteiger partial charge in [0, 0.05) is 38.2 Å². The Hall–Kier alpha value is -2.80. The number of para-hydroxylation sites is 1. The van der Waals surface area contributed by atoms with Crippen LogP contribution in [-0.4, -0.2) is 54.5 Å². The van der Waals surface area contributed by atoms with Gasteiger partial charge in [-0.1, -0.05) is 23.7 Å². The molecule has 2 aromatic rings. The molecule has 2 amide bonds. The maximum absolute atomic E-state index is 12.4. The van der Waals surface area contributed by atoms with Gasteiger partial charge in [-0.3, -0.25) is 9.59 Å². The lowest BCUT2D eigenvalue weighted by atomic mass is 10.2. The van der Waals surface area contributed by atoms with Crippen molar-refractivity contribution < 1.29 is 14.3 Å². The second-order valence-corrected chi connectivity index (χ2v) is 7.66. The molecular formula is C21H23ClN4O3. The Balaban J connectivity index is 1.23. The molecule has 152 valence electrons. The minimum absolute atomic E-state index is 0.0339. The molecule has 1 aromatic carbocycles. The Labute approximate surface area is 174 Å². The third kappa shape index (κ3) is 4.98. The molecule has 1 aliphatic carbocycles. The number of halogens is 1. The van der Waals surface area contributed by atoms with Crippen LogP contribution in [0, 0.1) is 5.92 Å². The summed E-state index contributed by atoms with van der Waals surface area (Å²) in [7, 11) is 0. The highest BCUT2D eigenvalue weighted by Gasteiger charge is 2.29. The summed E-state index contributed by atoms with van der Waals surface area (Å²) >= 11 is 6.26. The SMILES string of the molecule is O=C(Nc1ccc(OCC(=O)N2CCN(c3ccccc3Cl)CC2)nc1)C1CC1. The number of nitrogens with zero attached hydrogens (tertiary/aromatic N) is 3. The Morgan fingerprint density at radius 1 is 1.10 bits per heavy atom. The lowest BCUT2D eigenvalue weighted by Crippen LogP contribution is -2.50. The Morgan fingerprint density at radius 2 is 1.86 bits per heavy atom. The molecular weight excluding hydrogens is 392 g/mol. The van der Waals surface area contributed by atoms with Crippen molar-refractivity contribution in [3.8, 4) is 5.88 Å². The van der Waals surface area contributed by atoms with E-state index in [9.17, 15) is 9.59 Å². The van der Waals surface area contributed by atoms with Crippen molar-refractivity contribution in [3.05, 3.63) is 47.6 Å². The average Bonchev–Trinajstić information content (AvgIpc) is 3.59. The van der Waals surface area contributed by atoms with Crippen LogP contribution in [0.2, 0.25) is 5.02 Å². The van der Waals surface area contributed by atoms with Crippen molar-refractivity contribution in [1.82, 2.24) is 9.88 Å². The lowest BCUT2D eigenvalue weighted by Gasteiger charge is -2.36. The number of hydrogen-bond donors (Lipinski definition) is 1. The predicted molar refractivity (Wildman–Crippen MR) is 111 cm³/mol. The van der Waals surface area contributed by atoms with E-state index in [1.165, 1.54) is 0 Å². The summed E-state index contributed by atoms with van der Waals surface area (Å²) in [6.45, 7) is 2.62. The molecule has 7 nitrogen and oxygen atoms in total. The maximum atomic E-state index is 12.4. The van der Waals surface area contributed by atoms with E-state index in [1.807, 2.05) is 24.3 Å². The van der Waals surface area contributed by atoms with Gasteiger partial charge >= 0.3 is 0 Å². The smallest absolute Gasteiger partial charge is 0.260 e. The minimum atomic E-state index is -0.0725. The molecule has 0 atom stereocenters. The van der Waals surface area contributed by atoms with E-state index >= 15 is 0 Å². The summed E-state index contributed by atoms with van der Waals surface area (Å²) in [6.07, 6.45) is 3.45. The molecule has 8 heteroatoms. The number of amides is 2. The van der Waals surface area contributed by atoms with Gasteiger partial charge in [-0.05, 0) is 31.0 Å². The first-order valence-electron chi connectivity index (χ1n) is 9.77. The highest BCUT2D eigenvalue weighted by Crippen LogP contribution is 2.30. The zero-order valence-electron chi connectivity index (χ0n) is 16.0. The first kappa shape index (κ1) is 19.5. The number of nitrogens with one attached hydrogen (secondary N) is 1. The summed E-state index contributed by atoms with van der Waals surface area (Å²) in [6, 6.07) is 11.1. The van der Waals surface area contributed by atoms with Crippen molar-refractivity contribution in [2.24, 2.45) is 5.92 Å². The van der Waals surface area contributed by atoms with Crippen LogP contribution in [0.25, 0.3) is 0 Å². The van der Waals surface area contributed by atoms with Gasteiger partial charge in [-0.25, -0.2) is 4.98 Å². The number of carbonyl (C=O) groups is 2. The first-order chi connectivity index (χ1) is 14.1. The second-order valence-electron chi connectivity index (χ2n) is 7.26. The molecule has 1 aliphatic heterocycles. The number of anilines is 2. The predicted octanol–water partition coefficient (Wildman–Crippen LogP) is 2.81. The Kier molecular flexibility index (Phi) is 5.85. The normalized spacial score (nSPS) is 16.4. The lowest BCUT2D eigenvalue weighted by molar-refractivity contribution is -0.133. The van der Waals surface area contributed by atoms with Gasteiger partial charge in [0.05, 0.1) is 22.6 Å². The average molecular weight is 415 g/mol. The van der Waals surface area contributed by atoms with Gasteiger partial charge < -0.3 is 19.9 Å². The van der Waals surface area contributed by atoms with Crippen LogP contribution < -0.4 is 15.0 Å². The maximum Gasteiger partial charge on any atom is 0.260 e. The molecule has 2 aliphatic rings. The number of rotatable bonds is 6. The number of carbonyl (C=O) groups excluding carboxylic acids is 2. The molecule has 2 fully saturated rings. The third-order valence-electron chi connectivity index (χ3n) is 5.12. The van der Waals surface area contributed by atoms with E-state index in [0.717, 1.165) is 36.6 Å². The fourth-order valence-electron chi connectivity index (χ4n) is 3.26. The summed E-state index contributed by atoms with van der Waals surface area (Å²) in [5.74, 6) is 0.461. The molecule has 0 bridgehead atoms. The van der Waals surface area contributed by atoms with E-state index < -0.39 is 0 Å². The van der Waals surface area contributed by atoms with Crippen LogP contribution >= 0.6 is 11.6 Å². The fourth-order valence-corrected chi connectivity index (χ4v) is 3.52. The van der Waals surface area contributed by atoms with Crippen molar-refractivity contribution >= 4 is 34.8 Å². The molecule has 4 rings (SSSR count). The summed E-state index contributed by atoms with van der Waals surface area (Å²) in [5.41, 5.74) is 1.63. The summed E-state index contributed by atoms with van der Waals surface area (Å²) in [4.78, 5) is 32.3. The number of piperazine rings is 1. The van der Waals surface area contributed by atoms with Gasteiger partial charge in [0.2, 0.25) is 11.8 Å². The van der Waals surface area contributed by atoms with Crippen molar-refractivity contribution in [2.45, 2.75) is 12.8 Å². The molecule has 0 radical (unpaired) electrons. The van der Waals surface area contributed by atoms with Crippen molar-refractivity contribution in [2.75, 3.05) is 43.0 Å². The highest BCUT2D eigenvalue weighted by atomic mass is 35.5. The number of pyridine rings is 1. The molecule has 1 saturated heterocycles. The standard InChI is InChI=1S/C21H23ClN4O3/c22-17-3-1-2-4-18(17)25-9-11-26(12-10-25)20(27)14-29-19-8-7-16(13-23-19)24-21(28)15-5-6-15/h1-4,7-8,13,15H,5-6,9-12,14H2,(H,24,28). The van der Waals surface area contributed by atoms with Crippen LogP contribution in [0.15, 0.2) is 42.6 Å². The van der Waals surface area contributed by atoms with Gasteiger partial charge in [-0.2, -0.15) is 0 Å². The van der Waals surface area contributed by atoms with Crippen LogP contribution in [-0.2, 0) is 9.59 Å². The molecule has 1 N–H and O–H groups in total. The van der Waals surface area contributed by atoms with E-state index in [0.29, 0.717) is 24.7 Å². The fraction of sp³-hybridized carbons (Fsp3) is 0.381. The molecule has 2 heterocycles. The molecule has 29 heavy (non-hydrogen) atoms. The topological polar surface area (TPSA) is 74.8 Å². The Bertz CT molecular complexity index is 878. The minimum Gasteiger partial charge on any atom is -0.468 e. The van der Waals surface area contributed by atoms with Gasteiger partial charge in [0.1, 0.15) is 0 Å². The van der Waals surface area contributed by atoms with Gasteiger partial charge in [0.25, 0.3) is 5.91 Å². The van der Waals surface area contributed by atoms with E-state index in [1.54, 1.807) is 23.2 Å². The van der Waals surface area contributed by atoms with Crippen molar-refractivity contribution in [3.63, 3.8) is 0 Å². The van der Waals surface area contributed by atoms with Crippen LogP contribution in [0.1, 0.15) is 12.8 Å². The monoisotopic (exact) mass is 414 g/mol. The zero-order valence-corrected chi connectivity index (χ0v) is 16.8. The summed E-state index contributed by atoms with van der Waals surface area (Å²) in [5, 5.41) is 3.54. The van der Waals surface area contributed by atoms with Crippen LogP contribution in [0.3, 0.4) is 0 Å². The summed E-state index contributed by atoms with van der Waals surface area (Å²) < 4.78 is 5.52. The second kappa shape index (κ2) is 8.69. The molecule has 0 spiro atoms. The Morgan fingerprint density at radius 3 is 2.52 bits per heavy atom. The van der Waals surface area contributed by atoms with E-state index in [2.05, 4.69) is 15.2 Å². The number of benzene rings is 1.